The Morgan fingerprint density at radius 3 is 2.35 bits per heavy atom. The van der Waals surface area contributed by atoms with Gasteiger partial charge < -0.3 is 0 Å². The van der Waals surface area contributed by atoms with Gasteiger partial charge in [0.25, 0.3) is 0 Å². The fourth-order valence-electron chi connectivity index (χ4n) is 1.93. The highest BCUT2D eigenvalue weighted by molar-refractivity contribution is 5.62. The Bertz CT molecular complexity index is 431. The summed E-state index contributed by atoms with van der Waals surface area (Å²) in [6.45, 7) is 2.23. The molecule has 0 bridgehead atoms. The Morgan fingerprint density at radius 1 is 0.882 bits per heavy atom. The molecule has 1 aromatic heterocycles. The molecule has 0 atom stereocenters. The third-order valence-electron chi connectivity index (χ3n) is 2.97. The fourth-order valence-corrected chi connectivity index (χ4v) is 1.93. The van der Waals surface area contributed by atoms with Gasteiger partial charge in [0.1, 0.15) is 0 Å². The maximum atomic E-state index is 4.53. The first-order chi connectivity index (χ1) is 8.40. The highest BCUT2D eigenvalue weighted by Crippen LogP contribution is 2.18. The molecule has 17 heavy (non-hydrogen) atoms. The lowest BCUT2D eigenvalue weighted by Crippen LogP contribution is -1.90. The second kappa shape index (κ2) is 6.19. The summed E-state index contributed by atoms with van der Waals surface area (Å²) in [7, 11) is 0. The van der Waals surface area contributed by atoms with E-state index in [-0.39, 0.29) is 0 Å². The van der Waals surface area contributed by atoms with Crippen molar-refractivity contribution in [1.82, 2.24) is 4.98 Å². The Labute approximate surface area is 104 Å². The highest BCUT2D eigenvalue weighted by Gasteiger charge is 1.98. The molecule has 0 spiro atoms. The first kappa shape index (κ1) is 11.8. The van der Waals surface area contributed by atoms with Crippen LogP contribution in [-0.2, 0) is 6.42 Å². The average molecular weight is 225 g/mol. The molecule has 1 nitrogen and oxygen atoms in total. The molecule has 1 heteroatoms. The lowest BCUT2D eigenvalue weighted by atomic mass is 10.1. The molecule has 0 saturated carbocycles. The summed E-state index contributed by atoms with van der Waals surface area (Å²) in [6.07, 6.45) is 6.89. The van der Waals surface area contributed by atoms with Gasteiger partial charge in [0, 0.05) is 17.5 Å². The summed E-state index contributed by atoms with van der Waals surface area (Å²) < 4.78 is 0. The summed E-state index contributed by atoms with van der Waals surface area (Å²) in [4.78, 5) is 4.53. The SMILES string of the molecule is CCCCCc1ccc(-c2ccccc2)cn1. The molecule has 0 unspecified atom stereocenters. The van der Waals surface area contributed by atoms with E-state index in [2.05, 4.69) is 48.3 Å². The van der Waals surface area contributed by atoms with Gasteiger partial charge in [0.05, 0.1) is 0 Å². The monoisotopic (exact) mass is 225 g/mol. The molecule has 2 rings (SSSR count). The molecular formula is C16H19N. The normalized spacial score (nSPS) is 10.4. The molecule has 2 aromatic rings. The van der Waals surface area contributed by atoms with Gasteiger partial charge in [-0.05, 0) is 24.5 Å². The number of benzene rings is 1. The zero-order valence-electron chi connectivity index (χ0n) is 10.4. The number of hydrogen-bond donors (Lipinski definition) is 0. The second-order valence-electron chi connectivity index (χ2n) is 4.36. The quantitative estimate of drug-likeness (QED) is 0.684. The van der Waals surface area contributed by atoms with Crippen molar-refractivity contribution in [3.8, 4) is 11.1 Å². The van der Waals surface area contributed by atoms with E-state index in [0.717, 1.165) is 6.42 Å². The molecule has 0 radical (unpaired) electrons. The van der Waals surface area contributed by atoms with Crippen LogP contribution in [-0.4, -0.2) is 4.98 Å². The number of aromatic nitrogens is 1. The van der Waals surface area contributed by atoms with Crippen LogP contribution in [0, 0.1) is 0 Å². The topological polar surface area (TPSA) is 12.9 Å². The van der Waals surface area contributed by atoms with E-state index in [4.69, 9.17) is 0 Å². The van der Waals surface area contributed by atoms with E-state index in [1.54, 1.807) is 0 Å². The van der Waals surface area contributed by atoms with E-state index in [9.17, 15) is 0 Å². The van der Waals surface area contributed by atoms with E-state index < -0.39 is 0 Å². The number of aryl methyl sites for hydroxylation is 1. The summed E-state index contributed by atoms with van der Waals surface area (Å²) in [5.74, 6) is 0. The van der Waals surface area contributed by atoms with Crippen LogP contribution in [0.3, 0.4) is 0 Å². The van der Waals surface area contributed by atoms with Crippen molar-refractivity contribution in [2.24, 2.45) is 0 Å². The van der Waals surface area contributed by atoms with Crippen LogP contribution in [0.1, 0.15) is 31.9 Å². The number of nitrogens with zero attached hydrogens (tertiary/aromatic N) is 1. The maximum absolute atomic E-state index is 4.53. The Kier molecular flexibility index (Phi) is 4.31. The van der Waals surface area contributed by atoms with Gasteiger partial charge in [-0.2, -0.15) is 0 Å². The lowest BCUT2D eigenvalue weighted by Gasteiger charge is -2.03. The zero-order valence-corrected chi connectivity index (χ0v) is 10.4. The third kappa shape index (κ3) is 3.42. The van der Waals surface area contributed by atoms with Crippen LogP contribution in [0.15, 0.2) is 48.7 Å². The predicted molar refractivity (Wildman–Crippen MR) is 72.9 cm³/mol. The van der Waals surface area contributed by atoms with Gasteiger partial charge in [0.2, 0.25) is 0 Å². The molecule has 1 aromatic carbocycles. The fraction of sp³-hybridized carbons (Fsp3) is 0.312. The van der Waals surface area contributed by atoms with E-state index in [1.165, 1.54) is 36.1 Å². The Balaban J connectivity index is 2.03. The minimum atomic E-state index is 1.10. The van der Waals surface area contributed by atoms with Gasteiger partial charge in [-0.15, -0.1) is 0 Å². The van der Waals surface area contributed by atoms with Gasteiger partial charge in [-0.1, -0.05) is 56.2 Å². The van der Waals surface area contributed by atoms with Crippen molar-refractivity contribution in [2.75, 3.05) is 0 Å². The summed E-state index contributed by atoms with van der Waals surface area (Å²) in [6, 6.07) is 14.7. The molecule has 88 valence electrons. The van der Waals surface area contributed by atoms with Gasteiger partial charge in [-0.25, -0.2) is 0 Å². The van der Waals surface area contributed by atoms with Crippen LogP contribution in [0.2, 0.25) is 0 Å². The van der Waals surface area contributed by atoms with Crippen molar-refractivity contribution in [3.63, 3.8) is 0 Å². The van der Waals surface area contributed by atoms with Crippen LogP contribution in [0.5, 0.6) is 0 Å². The standard InChI is InChI=1S/C16H19N/c1-2-3-5-10-16-12-11-15(13-17-16)14-8-6-4-7-9-14/h4,6-9,11-13H,2-3,5,10H2,1H3. The van der Waals surface area contributed by atoms with E-state index >= 15 is 0 Å². The van der Waals surface area contributed by atoms with Crippen molar-refractivity contribution in [2.45, 2.75) is 32.6 Å². The van der Waals surface area contributed by atoms with Gasteiger partial charge in [-0.3, -0.25) is 4.98 Å². The smallest absolute Gasteiger partial charge is 0.0404 e. The number of rotatable bonds is 5. The number of hydrogen-bond acceptors (Lipinski definition) is 1. The molecule has 0 fully saturated rings. The minimum absolute atomic E-state index is 1.10. The molecule has 0 amide bonds. The van der Waals surface area contributed by atoms with Crippen molar-refractivity contribution >= 4 is 0 Å². The van der Waals surface area contributed by atoms with Crippen molar-refractivity contribution < 1.29 is 0 Å². The molecular weight excluding hydrogens is 206 g/mol. The molecule has 0 aliphatic heterocycles. The average Bonchev–Trinajstić information content (AvgIpc) is 2.41. The van der Waals surface area contributed by atoms with E-state index in [1.807, 2.05) is 12.3 Å². The largest absolute Gasteiger partial charge is 0.261 e. The summed E-state index contributed by atoms with van der Waals surface area (Å²) in [5, 5.41) is 0. The van der Waals surface area contributed by atoms with Crippen molar-refractivity contribution in [3.05, 3.63) is 54.4 Å². The highest BCUT2D eigenvalue weighted by atomic mass is 14.7. The third-order valence-corrected chi connectivity index (χ3v) is 2.97. The van der Waals surface area contributed by atoms with Crippen LogP contribution < -0.4 is 0 Å². The van der Waals surface area contributed by atoms with Crippen LogP contribution in [0.25, 0.3) is 11.1 Å². The number of pyridine rings is 1. The minimum Gasteiger partial charge on any atom is -0.261 e. The number of unbranched alkanes of at least 4 members (excludes halogenated alkanes) is 2. The Morgan fingerprint density at radius 2 is 1.71 bits per heavy atom. The van der Waals surface area contributed by atoms with Gasteiger partial charge in [0.15, 0.2) is 0 Å². The molecule has 0 N–H and O–H groups in total. The Hall–Kier alpha value is -1.63. The first-order valence-electron chi connectivity index (χ1n) is 6.40. The zero-order chi connectivity index (χ0) is 11.9. The molecule has 1 heterocycles. The summed E-state index contributed by atoms with van der Waals surface area (Å²) in [5.41, 5.74) is 3.64. The second-order valence-corrected chi connectivity index (χ2v) is 4.36. The molecule has 0 saturated heterocycles. The predicted octanol–water partition coefficient (Wildman–Crippen LogP) is 4.48. The first-order valence-corrected chi connectivity index (χ1v) is 6.40. The van der Waals surface area contributed by atoms with E-state index in [0.29, 0.717) is 0 Å². The van der Waals surface area contributed by atoms with Crippen molar-refractivity contribution in [1.29, 1.82) is 0 Å². The maximum Gasteiger partial charge on any atom is 0.0404 e. The molecule has 0 aliphatic rings. The van der Waals surface area contributed by atoms with Crippen LogP contribution >= 0.6 is 0 Å². The molecule has 0 aliphatic carbocycles. The summed E-state index contributed by atoms with van der Waals surface area (Å²) >= 11 is 0. The van der Waals surface area contributed by atoms with Gasteiger partial charge >= 0.3 is 0 Å². The lowest BCUT2D eigenvalue weighted by molar-refractivity contribution is 0.707. The van der Waals surface area contributed by atoms with Crippen LogP contribution in [0.4, 0.5) is 0 Å².